The quantitative estimate of drug-likeness (QED) is 0.274. The third-order valence-corrected chi connectivity index (χ3v) is 5.43. The molecule has 0 fully saturated rings. The van der Waals surface area contributed by atoms with Crippen molar-refractivity contribution in [2.45, 2.75) is 11.8 Å². The number of rotatable bonds is 7. The molecule has 0 unspecified atom stereocenters. The van der Waals surface area contributed by atoms with Crippen LogP contribution in [0.15, 0.2) is 82.9 Å². The van der Waals surface area contributed by atoms with Crippen LogP contribution < -0.4 is 4.74 Å². The Kier molecular flexibility index (Phi) is 6.07. The van der Waals surface area contributed by atoms with Crippen molar-refractivity contribution >= 4 is 46.4 Å². The summed E-state index contributed by atoms with van der Waals surface area (Å²) >= 11 is 6.97. The number of hydrogen-bond donors (Lipinski definition) is 2. The number of nitrogens with zero attached hydrogens (tertiary/aromatic N) is 1. The number of thioether (sulfide) groups is 1. The minimum atomic E-state index is -1.01. The minimum Gasteiger partial charge on any atom is -0.489 e. The van der Waals surface area contributed by atoms with E-state index >= 15 is 0 Å². The summed E-state index contributed by atoms with van der Waals surface area (Å²) in [5, 5.41) is 10.8. The van der Waals surface area contributed by atoms with Gasteiger partial charge < -0.3 is 14.8 Å². The zero-order chi connectivity index (χ0) is 20.9. The molecule has 0 saturated heterocycles. The van der Waals surface area contributed by atoms with Crippen LogP contribution in [0.1, 0.15) is 11.1 Å². The summed E-state index contributed by atoms with van der Waals surface area (Å²) < 4.78 is 5.77. The van der Waals surface area contributed by atoms with E-state index < -0.39 is 5.97 Å². The van der Waals surface area contributed by atoms with E-state index in [0.29, 0.717) is 22.5 Å². The fourth-order valence-corrected chi connectivity index (χ4v) is 3.70. The number of aromatic amines is 1. The summed E-state index contributed by atoms with van der Waals surface area (Å²) in [5.41, 5.74) is 3.44. The van der Waals surface area contributed by atoms with Gasteiger partial charge >= 0.3 is 5.97 Å². The minimum absolute atomic E-state index is 0.170. The van der Waals surface area contributed by atoms with Crippen molar-refractivity contribution < 1.29 is 14.6 Å². The second-order valence-electron chi connectivity index (χ2n) is 6.46. The molecular weight excluding hydrogens is 420 g/mol. The van der Waals surface area contributed by atoms with E-state index in [2.05, 4.69) is 9.97 Å². The molecule has 1 aromatic heterocycles. The number of H-pyrrole nitrogens is 1. The fraction of sp³-hybridized carbons (Fsp3) is 0.0435. The number of ether oxygens (including phenoxy) is 1. The monoisotopic (exact) mass is 436 g/mol. The molecule has 4 aromatic rings. The van der Waals surface area contributed by atoms with Gasteiger partial charge in [-0.3, -0.25) is 0 Å². The molecule has 0 amide bonds. The summed E-state index contributed by atoms with van der Waals surface area (Å²) in [6.45, 7) is 0.425. The highest BCUT2D eigenvalue weighted by molar-refractivity contribution is 8.04. The Morgan fingerprint density at radius 3 is 2.50 bits per heavy atom. The van der Waals surface area contributed by atoms with Crippen molar-refractivity contribution in [1.82, 2.24) is 9.97 Å². The van der Waals surface area contributed by atoms with Crippen molar-refractivity contribution in [2.24, 2.45) is 0 Å². The number of hydrogen-bond acceptors (Lipinski definition) is 4. The van der Waals surface area contributed by atoms with Gasteiger partial charge in [-0.05, 0) is 65.4 Å². The standard InChI is InChI=1S/C23H17ClN2O3S/c24-17-9-5-16(6-10-17)14-29-18-11-7-15(8-12-18)13-21(22(27)28)30-23-25-19-3-1-2-4-20(19)26-23/h1-13H,14H2,(H,25,26)(H,27,28)/b21-13-. The Morgan fingerprint density at radius 1 is 1.07 bits per heavy atom. The van der Waals surface area contributed by atoms with Crippen LogP contribution in [0.2, 0.25) is 5.02 Å². The molecule has 4 rings (SSSR count). The molecule has 0 atom stereocenters. The first-order valence-electron chi connectivity index (χ1n) is 9.12. The van der Waals surface area contributed by atoms with Crippen LogP contribution in [0.5, 0.6) is 5.75 Å². The average Bonchev–Trinajstić information content (AvgIpc) is 3.16. The van der Waals surface area contributed by atoms with Crippen molar-refractivity contribution in [2.75, 3.05) is 0 Å². The number of para-hydroxylation sites is 2. The van der Waals surface area contributed by atoms with Gasteiger partial charge in [0.1, 0.15) is 17.3 Å². The third-order valence-electron chi connectivity index (χ3n) is 4.28. The Balaban J connectivity index is 1.45. The normalized spacial score (nSPS) is 11.6. The van der Waals surface area contributed by atoms with Crippen LogP contribution in [0.3, 0.4) is 0 Å². The Bertz CT molecular complexity index is 1170. The molecule has 0 radical (unpaired) electrons. The molecule has 150 valence electrons. The van der Waals surface area contributed by atoms with Gasteiger partial charge in [-0.2, -0.15) is 0 Å². The maximum absolute atomic E-state index is 11.7. The highest BCUT2D eigenvalue weighted by Crippen LogP contribution is 2.28. The molecular formula is C23H17ClN2O3S. The van der Waals surface area contributed by atoms with Crippen LogP contribution in [0.25, 0.3) is 17.1 Å². The SMILES string of the molecule is O=C(O)/C(=C/c1ccc(OCc2ccc(Cl)cc2)cc1)Sc1nc2ccccc2[nH]1. The van der Waals surface area contributed by atoms with Gasteiger partial charge in [0.05, 0.1) is 11.0 Å². The molecule has 3 aromatic carbocycles. The van der Waals surface area contributed by atoms with Crippen LogP contribution in [0.4, 0.5) is 0 Å². The van der Waals surface area contributed by atoms with E-state index in [1.165, 1.54) is 0 Å². The van der Waals surface area contributed by atoms with Gasteiger partial charge in [-0.15, -0.1) is 0 Å². The lowest BCUT2D eigenvalue weighted by molar-refractivity contribution is -0.131. The highest BCUT2D eigenvalue weighted by Gasteiger charge is 2.13. The first-order valence-corrected chi connectivity index (χ1v) is 10.3. The molecule has 2 N–H and O–H groups in total. The molecule has 0 spiro atoms. The molecule has 7 heteroatoms. The maximum Gasteiger partial charge on any atom is 0.342 e. The Labute approximate surface area is 182 Å². The summed E-state index contributed by atoms with van der Waals surface area (Å²) in [5.74, 6) is -0.313. The predicted octanol–water partition coefficient (Wildman–Crippen LogP) is 6.01. The number of benzene rings is 3. The van der Waals surface area contributed by atoms with Crippen molar-refractivity contribution in [3.05, 3.63) is 93.9 Å². The number of aromatic nitrogens is 2. The van der Waals surface area contributed by atoms with Gasteiger partial charge in [0, 0.05) is 5.02 Å². The molecule has 0 saturated carbocycles. The molecule has 0 aliphatic rings. The van der Waals surface area contributed by atoms with Crippen molar-refractivity contribution in [1.29, 1.82) is 0 Å². The van der Waals surface area contributed by atoms with Gasteiger partial charge in [0.25, 0.3) is 0 Å². The number of carboxylic acids is 1. The molecule has 5 nitrogen and oxygen atoms in total. The zero-order valence-electron chi connectivity index (χ0n) is 15.7. The van der Waals surface area contributed by atoms with Crippen LogP contribution >= 0.6 is 23.4 Å². The number of imidazole rings is 1. The fourth-order valence-electron chi connectivity index (χ4n) is 2.78. The molecule has 0 aliphatic heterocycles. The summed E-state index contributed by atoms with van der Waals surface area (Å²) in [6.07, 6.45) is 1.61. The Hall–Kier alpha value is -3.22. The van der Waals surface area contributed by atoms with Crippen LogP contribution in [-0.4, -0.2) is 21.0 Å². The second kappa shape index (κ2) is 9.07. The Morgan fingerprint density at radius 2 is 1.80 bits per heavy atom. The molecule has 30 heavy (non-hydrogen) atoms. The summed E-state index contributed by atoms with van der Waals surface area (Å²) in [4.78, 5) is 19.4. The van der Waals surface area contributed by atoms with Gasteiger partial charge in [0.2, 0.25) is 0 Å². The van der Waals surface area contributed by atoms with E-state index in [9.17, 15) is 9.90 Å². The van der Waals surface area contributed by atoms with Gasteiger partial charge in [0.15, 0.2) is 5.16 Å². The number of halogens is 1. The lowest BCUT2D eigenvalue weighted by atomic mass is 10.2. The lowest BCUT2D eigenvalue weighted by Crippen LogP contribution is -1.97. The summed E-state index contributed by atoms with van der Waals surface area (Å²) in [6, 6.07) is 22.3. The summed E-state index contributed by atoms with van der Waals surface area (Å²) in [7, 11) is 0. The molecule has 0 bridgehead atoms. The number of carbonyl (C=O) groups is 1. The number of aliphatic carboxylic acids is 1. The van der Waals surface area contributed by atoms with E-state index in [0.717, 1.165) is 33.9 Å². The van der Waals surface area contributed by atoms with Gasteiger partial charge in [-0.25, -0.2) is 9.78 Å². The van der Waals surface area contributed by atoms with Crippen molar-refractivity contribution in [3.63, 3.8) is 0 Å². The number of carboxylic acid groups (broad SMARTS) is 1. The predicted molar refractivity (Wildman–Crippen MR) is 120 cm³/mol. The highest BCUT2D eigenvalue weighted by atomic mass is 35.5. The average molecular weight is 437 g/mol. The van der Waals surface area contributed by atoms with E-state index in [-0.39, 0.29) is 4.91 Å². The van der Waals surface area contributed by atoms with E-state index in [1.54, 1.807) is 6.08 Å². The second-order valence-corrected chi connectivity index (χ2v) is 7.93. The van der Waals surface area contributed by atoms with Crippen LogP contribution in [-0.2, 0) is 11.4 Å². The van der Waals surface area contributed by atoms with E-state index in [1.807, 2.05) is 72.8 Å². The topological polar surface area (TPSA) is 75.2 Å². The van der Waals surface area contributed by atoms with Crippen molar-refractivity contribution in [3.8, 4) is 5.75 Å². The molecule has 0 aliphatic carbocycles. The number of fused-ring (bicyclic) bond motifs is 1. The largest absolute Gasteiger partial charge is 0.489 e. The lowest BCUT2D eigenvalue weighted by Gasteiger charge is -2.07. The number of nitrogens with one attached hydrogen (secondary N) is 1. The van der Waals surface area contributed by atoms with E-state index in [4.69, 9.17) is 16.3 Å². The molecule has 1 heterocycles. The van der Waals surface area contributed by atoms with Crippen LogP contribution in [0, 0.1) is 0 Å². The smallest absolute Gasteiger partial charge is 0.342 e. The first kappa shape index (κ1) is 20.1. The maximum atomic E-state index is 11.7. The third kappa shape index (κ3) is 5.03. The first-order chi connectivity index (χ1) is 14.6. The zero-order valence-corrected chi connectivity index (χ0v) is 17.3. The van der Waals surface area contributed by atoms with Gasteiger partial charge in [-0.1, -0.05) is 48.0 Å².